The van der Waals surface area contributed by atoms with Gasteiger partial charge in [0.1, 0.15) is 0 Å². The highest BCUT2D eigenvalue weighted by molar-refractivity contribution is 6.44. The fourth-order valence-electron chi connectivity index (χ4n) is 1.05. The van der Waals surface area contributed by atoms with Gasteiger partial charge in [0.2, 0.25) is 11.8 Å². The van der Waals surface area contributed by atoms with Crippen LogP contribution in [0.1, 0.15) is 0 Å². The number of rotatable bonds is 4. The molecule has 0 radical (unpaired) electrons. The monoisotopic (exact) mass is 275 g/mol. The van der Waals surface area contributed by atoms with E-state index in [0.717, 1.165) is 0 Å². The summed E-state index contributed by atoms with van der Waals surface area (Å²) in [7, 11) is 0. The molecule has 0 aliphatic heterocycles. The third-order valence-corrected chi connectivity index (χ3v) is 2.68. The van der Waals surface area contributed by atoms with Gasteiger partial charge in [-0.15, -0.1) is 0 Å². The number of anilines is 1. The number of benzene rings is 1. The molecule has 2 amide bonds. The number of hydrogen-bond acceptors (Lipinski definition) is 3. The van der Waals surface area contributed by atoms with E-state index >= 15 is 0 Å². The molecule has 1 aromatic carbocycles. The van der Waals surface area contributed by atoms with Crippen LogP contribution in [0.2, 0.25) is 10.0 Å². The largest absolute Gasteiger partial charge is 0.346 e. The molecule has 0 spiro atoms. The van der Waals surface area contributed by atoms with E-state index in [9.17, 15) is 9.59 Å². The molecule has 92 valence electrons. The Morgan fingerprint density at radius 3 is 2.59 bits per heavy atom. The minimum Gasteiger partial charge on any atom is -0.346 e. The van der Waals surface area contributed by atoms with E-state index in [-0.39, 0.29) is 18.1 Å². The van der Waals surface area contributed by atoms with Crippen molar-refractivity contribution in [3.05, 3.63) is 28.2 Å². The fourth-order valence-corrected chi connectivity index (χ4v) is 1.39. The second-order valence-corrected chi connectivity index (χ2v) is 3.92. The number of hydrogen-bond donors (Lipinski definition) is 3. The number of amides is 2. The molecule has 0 bridgehead atoms. The Balaban J connectivity index is 2.56. The maximum Gasteiger partial charge on any atom is 0.243 e. The smallest absolute Gasteiger partial charge is 0.243 e. The molecule has 0 saturated heterocycles. The van der Waals surface area contributed by atoms with Gasteiger partial charge in [-0.3, -0.25) is 9.59 Å². The maximum atomic E-state index is 11.4. The average Bonchev–Trinajstić information content (AvgIpc) is 2.32. The summed E-state index contributed by atoms with van der Waals surface area (Å²) in [5, 5.41) is 5.45. The van der Waals surface area contributed by atoms with Gasteiger partial charge in [-0.25, -0.2) is 0 Å². The lowest BCUT2D eigenvalue weighted by molar-refractivity contribution is -0.123. The Morgan fingerprint density at radius 2 is 1.94 bits per heavy atom. The first-order valence-electron chi connectivity index (χ1n) is 4.75. The van der Waals surface area contributed by atoms with Crippen LogP contribution in [0.25, 0.3) is 0 Å². The summed E-state index contributed by atoms with van der Waals surface area (Å²) >= 11 is 11.7. The molecule has 4 N–H and O–H groups in total. The van der Waals surface area contributed by atoms with E-state index < -0.39 is 11.8 Å². The van der Waals surface area contributed by atoms with Gasteiger partial charge >= 0.3 is 0 Å². The fraction of sp³-hybridized carbons (Fsp3) is 0.200. The topological polar surface area (TPSA) is 84.2 Å². The van der Waals surface area contributed by atoms with Crippen molar-refractivity contribution in [2.75, 3.05) is 18.4 Å². The predicted molar refractivity (Wildman–Crippen MR) is 67.2 cm³/mol. The normalized spacial score (nSPS) is 9.82. The van der Waals surface area contributed by atoms with Crippen LogP contribution in [0, 0.1) is 0 Å². The number of halogens is 2. The third-order valence-electron chi connectivity index (χ3n) is 1.86. The first-order chi connectivity index (χ1) is 8.04. The standard InChI is InChI=1S/C10H11Cl2N3O2/c11-6-2-1-3-7(10(6)12)15-9(17)5-14-8(16)4-13/h1-3H,4-5,13H2,(H,14,16)(H,15,17). The first kappa shape index (κ1) is 13.8. The van der Waals surface area contributed by atoms with Gasteiger partial charge in [0, 0.05) is 0 Å². The van der Waals surface area contributed by atoms with Crippen LogP contribution in [-0.2, 0) is 9.59 Å². The number of carbonyl (C=O) groups excluding carboxylic acids is 2. The zero-order valence-electron chi connectivity index (χ0n) is 8.80. The van der Waals surface area contributed by atoms with E-state index in [1.54, 1.807) is 18.2 Å². The molecule has 0 fully saturated rings. The summed E-state index contributed by atoms with van der Waals surface area (Å²) in [5.74, 6) is -0.812. The quantitative estimate of drug-likeness (QED) is 0.767. The van der Waals surface area contributed by atoms with Crippen molar-refractivity contribution in [1.82, 2.24) is 5.32 Å². The Morgan fingerprint density at radius 1 is 1.24 bits per heavy atom. The zero-order chi connectivity index (χ0) is 12.8. The van der Waals surface area contributed by atoms with Crippen LogP contribution in [0.4, 0.5) is 5.69 Å². The van der Waals surface area contributed by atoms with E-state index in [2.05, 4.69) is 10.6 Å². The van der Waals surface area contributed by atoms with Crippen LogP contribution in [-0.4, -0.2) is 24.9 Å². The number of nitrogens with one attached hydrogen (secondary N) is 2. The molecule has 1 rings (SSSR count). The molecule has 5 nitrogen and oxygen atoms in total. The minimum absolute atomic E-state index is 0.162. The summed E-state index contributed by atoms with van der Waals surface area (Å²) in [6.07, 6.45) is 0. The molecular weight excluding hydrogens is 265 g/mol. The van der Waals surface area contributed by atoms with Gasteiger partial charge in [-0.1, -0.05) is 29.3 Å². The lowest BCUT2D eigenvalue weighted by Gasteiger charge is -2.08. The van der Waals surface area contributed by atoms with Crippen molar-refractivity contribution in [2.24, 2.45) is 5.73 Å². The molecule has 0 heterocycles. The van der Waals surface area contributed by atoms with Crippen molar-refractivity contribution < 1.29 is 9.59 Å². The van der Waals surface area contributed by atoms with Crippen molar-refractivity contribution >= 4 is 40.7 Å². The van der Waals surface area contributed by atoms with Crippen LogP contribution in [0.5, 0.6) is 0 Å². The van der Waals surface area contributed by atoms with Crippen molar-refractivity contribution in [1.29, 1.82) is 0 Å². The molecule has 1 aromatic rings. The molecular formula is C10H11Cl2N3O2. The van der Waals surface area contributed by atoms with Gasteiger partial charge in [-0.05, 0) is 12.1 Å². The Hall–Kier alpha value is -1.30. The lowest BCUT2D eigenvalue weighted by Crippen LogP contribution is -2.36. The van der Waals surface area contributed by atoms with Gasteiger partial charge in [0.15, 0.2) is 0 Å². The van der Waals surface area contributed by atoms with Gasteiger partial charge in [0.05, 0.1) is 28.8 Å². The van der Waals surface area contributed by atoms with E-state index in [4.69, 9.17) is 28.9 Å². The molecule has 17 heavy (non-hydrogen) atoms. The van der Waals surface area contributed by atoms with Crippen LogP contribution in [0.15, 0.2) is 18.2 Å². The number of nitrogens with two attached hydrogens (primary N) is 1. The average molecular weight is 276 g/mol. The Kier molecular flexibility index (Phi) is 5.21. The predicted octanol–water partition coefficient (Wildman–Crippen LogP) is 1.01. The minimum atomic E-state index is -0.407. The molecule has 0 aliphatic carbocycles. The summed E-state index contributed by atoms with van der Waals surface area (Å²) in [4.78, 5) is 22.3. The van der Waals surface area contributed by atoms with E-state index in [1.807, 2.05) is 0 Å². The molecule has 0 atom stereocenters. The second kappa shape index (κ2) is 6.44. The van der Waals surface area contributed by atoms with Crippen LogP contribution in [0.3, 0.4) is 0 Å². The first-order valence-corrected chi connectivity index (χ1v) is 5.51. The summed E-state index contributed by atoms with van der Waals surface area (Å²) in [5.41, 5.74) is 5.47. The Bertz CT molecular complexity index is 438. The number of carbonyl (C=O) groups is 2. The summed E-state index contributed by atoms with van der Waals surface area (Å²) in [6.45, 7) is -0.329. The highest BCUT2D eigenvalue weighted by Gasteiger charge is 2.08. The highest BCUT2D eigenvalue weighted by atomic mass is 35.5. The van der Waals surface area contributed by atoms with Crippen molar-refractivity contribution in [3.8, 4) is 0 Å². The van der Waals surface area contributed by atoms with Crippen molar-refractivity contribution in [2.45, 2.75) is 0 Å². The Labute approximate surface area is 108 Å². The zero-order valence-corrected chi connectivity index (χ0v) is 10.3. The SMILES string of the molecule is NCC(=O)NCC(=O)Nc1cccc(Cl)c1Cl. The molecule has 0 saturated carbocycles. The van der Waals surface area contributed by atoms with Gasteiger partial charge in [0.25, 0.3) is 0 Å². The molecule has 0 aliphatic rings. The highest BCUT2D eigenvalue weighted by Crippen LogP contribution is 2.29. The summed E-state index contributed by atoms with van der Waals surface area (Å²) in [6, 6.07) is 4.87. The second-order valence-electron chi connectivity index (χ2n) is 3.13. The third kappa shape index (κ3) is 4.22. The van der Waals surface area contributed by atoms with Gasteiger partial charge in [-0.2, -0.15) is 0 Å². The molecule has 0 aromatic heterocycles. The summed E-state index contributed by atoms with van der Waals surface area (Å²) < 4.78 is 0. The van der Waals surface area contributed by atoms with Crippen LogP contribution < -0.4 is 16.4 Å². The molecule has 7 heteroatoms. The maximum absolute atomic E-state index is 11.4. The molecule has 0 unspecified atom stereocenters. The van der Waals surface area contributed by atoms with Crippen molar-refractivity contribution in [3.63, 3.8) is 0 Å². The van der Waals surface area contributed by atoms with Gasteiger partial charge < -0.3 is 16.4 Å². The van der Waals surface area contributed by atoms with Crippen LogP contribution >= 0.6 is 23.2 Å². The van der Waals surface area contributed by atoms with E-state index in [0.29, 0.717) is 10.7 Å². The lowest BCUT2D eigenvalue weighted by atomic mass is 10.3. The van der Waals surface area contributed by atoms with E-state index in [1.165, 1.54) is 0 Å².